The minimum atomic E-state index is -1.17. The van der Waals surface area contributed by atoms with E-state index in [-0.39, 0.29) is 46.0 Å². The number of hydrogen-bond acceptors (Lipinski definition) is 6. The molecule has 1 spiro atoms. The van der Waals surface area contributed by atoms with Crippen molar-refractivity contribution in [1.29, 1.82) is 0 Å². The molecule has 2 saturated carbocycles. The van der Waals surface area contributed by atoms with E-state index in [1.54, 1.807) is 6.08 Å². The highest BCUT2D eigenvalue weighted by Crippen LogP contribution is 2.77. The zero-order valence-electron chi connectivity index (χ0n) is 18.4. The molecule has 6 aliphatic rings. The second kappa shape index (κ2) is 5.91. The molecule has 0 aromatic rings. The molecule has 0 N–H and O–H groups in total. The van der Waals surface area contributed by atoms with E-state index in [1.807, 2.05) is 19.9 Å². The Labute approximate surface area is 186 Å². The number of rotatable bonds is 2. The number of allylic oxidation sites excluding steroid dienone is 2. The molecule has 7 heteroatoms. The molecule has 0 aromatic heterocycles. The molecule has 5 nitrogen and oxygen atoms in total. The molecule has 4 fully saturated rings. The summed E-state index contributed by atoms with van der Waals surface area (Å²) in [4.78, 5) is 25.5. The molecule has 0 radical (unpaired) electrons. The molecule has 4 aliphatic carbocycles. The molecule has 0 aromatic carbocycles. The largest absolute Gasteiger partial charge is 0.364 e. The fourth-order valence-electron chi connectivity index (χ4n) is 8.16. The first-order chi connectivity index (χ1) is 14.5. The molecule has 4 unspecified atom stereocenters. The minimum Gasteiger partial charge on any atom is -0.364 e. The number of thioether (sulfide) groups is 1. The molecular formula is C24H29FO5S. The number of hydrogen-bond donors (Lipinski definition) is 0. The van der Waals surface area contributed by atoms with Crippen LogP contribution in [0.15, 0.2) is 23.8 Å². The van der Waals surface area contributed by atoms with Crippen LogP contribution in [0, 0.1) is 22.7 Å². The van der Waals surface area contributed by atoms with Gasteiger partial charge in [0.25, 0.3) is 0 Å². The van der Waals surface area contributed by atoms with Gasteiger partial charge < -0.3 is 14.2 Å². The number of halogens is 1. The second-order valence-electron chi connectivity index (χ2n) is 11.0. The van der Waals surface area contributed by atoms with Crippen LogP contribution in [0.2, 0.25) is 0 Å². The Morgan fingerprint density at radius 2 is 1.97 bits per heavy atom. The Morgan fingerprint density at radius 3 is 2.71 bits per heavy atom. The van der Waals surface area contributed by atoms with Gasteiger partial charge in [-0.2, -0.15) is 0 Å². The van der Waals surface area contributed by atoms with Crippen LogP contribution in [0.25, 0.3) is 0 Å². The van der Waals surface area contributed by atoms with Crippen molar-refractivity contribution in [3.63, 3.8) is 0 Å². The van der Waals surface area contributed by atoms with Gasteiger partial charge in [-0.25, -0.2) is 4.39 Å². The van der Waals surface area contributed by atoms with Crippen LogP contribution in [0.1, 0.15) is 53.4 Å². The lowest BCUT2D eigenvalue weighted by atomic mass is 9.47. The SMILES string of the molecule is CC1(C)O[C@@H]2CC3C4CC=C5CC(=O)C=CC5(C)[C@@]45O[C@H]5CC3(C)[C@]2(C(=O)SCF)O1. The number of alkyl halides is 1. The van der Waals surface area contributed by atoms with Crippen molar-refractivity contribution in [1.82, 2.24) is 0 Å². The van der Waals surface area contributed by atoms with Crippen molar-refractivity contribution in [2.24, 2.45) is 22.7 Å². The molecular weight excluding hydrogens is 419 g/mol. The zero-order chi connectivity index (χ0) is 22.0. The van der Waals surface area contributed by atoms with Gasteiger partial charge in [-0.1, -0.05) is 36.4 Å². The number of fused-ring (bicyclic) bond motifs is 5. The van der Waals surface area contributed by atoms with Gasteiger partial charge in [0.05, 0.1) is 12.2 Å². The summed E-state index contributed by atoms with van der Waals surface area (Å²) in [6.07, 6.45) is 8.23. The van der Waals surface area contributed by atoms with Crippen molar-refractivity contribution in [2.75, 3.05) is 6.01 Å². The highest BCUT2D eigenvalue weighted by atomic mass is 32.2. The average Bonchev–Trinajstić information content (AvgIpc) is 3.26. The summed E-state index contributed by atoms with van der Waals surface area (Å²) < 4.78 is 32.6. The van der Waals surface area contributed by atoms with Gasteiger partial charge >= 0.3 is 0 Å². The summed E-state index contributed by atoms with van der Waals surface area (Å²) in [5.41, 5.74) is -1.16. The quantitative estimate of drug-likeness (QED) is 0.468. The maximum absolute atomic E-state index is 13.4. The first-order valence-corrected chi connectivity index (χ1v) is 12.2. The van der Waals surface area contributed by atoms with E-state index in [9.17, 15) is 14.0 Å². The predicted octanol–water partition coefficient (Wildman–Crippen LogP) is 4.11. The Morgan fingerprint density at radius 1 is 1.19 bits per heavy atom. The minimum absolute atomic E-state index is 0.0172. The van der Waals surface area contributed by atoms with Crippen molar-refractivity contribution < 1.29 is 28.2 Å². The van der Waals surface area contributed by atoms with Gasteiger partial charge in [0, 0.05) is 17.3 Å². The number of carbonyl (C=O) groups excluding carboxylic acids is 2. The molecule has 0 bridgehead atoms. The monoisotopic (exact) mass is 448 g/mol. The van der Waals surface area contributed by atoms with Gasteiger partial charge in [-0.15, -0.1) is 0 Å². The average molecular weight is 449 g/mol. The molecule has 168 valence electrons. The van der Waals surface area contributed by atoms with Crippen LogP contribution in [-0.2, 0) is 23.8 Å². The lowest BCUT2D eigenvalue weighted by Gasteiger charge is -2.55. The van der Waals surface area contributed by atoms with Crippen LogP contribution in [0.4, 0.5) is 4.39 Å². The Hall–Kier alpha value is -1.02. The first-order valence-electron chi connectivity index (χ1n) is 11.2. The lowest BCUT2D eigenvalue weighted by molar-refractivity contribution is -0.205. The van der Waals surface area contributed by atoms with Crippen LogP contribution in [0.5, 0.6) is 0 Å². The van der Waals surface area contributed by atoms with Crippen molar-refractivity contribution in [2.45, 2.75) is 82.6 Å². The van der Waals surface area contributed by atoms with E-state index in [2.05, 4.69) is 19.9 Å². The second-order valence-corrected chi connectivity index (χ2v) is 11.9. The van der Waals surface area contributed by atoms with Crippen LogP contribution in [-0.4, -0.2) is 46.1 Å². The zero-order valence-corrected chi connectivity index (χ0v) is 19.2. The molecule has 6 rings (SSSR count). The molecule has 2 saturated heterocycles. The van der Waals surface area contributed by atoms with E-state index >= 15 is 0 Å². The van der Waals surface area contributed by atoms with Crippen molar-refractivity contribution >= 4 is 22.7 Å². The number of carbonyl (C=O) groups is 2. The lowest BCUT2D eigenvalue weighted by Crippen LogP contribution is -2.62. The third-order valence-electron chi connectivity index (χ3n) is 9.38. The van der Waals surface area contributed by atoms with Crippen LogP contribution in [0.3, 0.4) is 0 Å². The third kappa shape index (κ3) is 2.20. The first kappa shape index (κ1) is 20.6. The van der Waals surface area contributed by atoms with E-state index < -0.39 is 22.8 Å². The topological polar surface area (TPSA) is 65.1 Å². The maximum Gasteiger partial charge on any atom is 0.226 e. The van der Waals surface area contributed by atoms with Crippen LogP contribution >= 0.6 is 11.8 Å². The third-order valence-corrected chi connectivity index (χ3v) is 10.1. The molecule has 8 atom stereocenters. The van der Waals surface area contributed by atoms with Gasteiger partial charge in [0.15, 0.2) is 17.2 Å². The van der Waals surface area contributed by atoms with Crippen molar-refractivity contribution in [3.8, 4) is 0 Å². The Balaban J connectivity index is 1.45. The molecule has 2 heterocycles. The highest BCUT2D eigenvalue weighted by molar-refractivity contribution is 8.13. The molecule has 0 amide bonds. The van der Waals surface area contributed by atoms with E-state index in [0.29, 0.717) is 31.0 Å². The smallest absolute Gasteiger partial charge is 0.226 e. The summed E-state index contributed by atoms with van der Waals surface area (Å²) in [6, 6.07) is -0.770. The maximum atomic E-state index is 13.4. The fraction of sp³-hybridized carbons (Fsp3) is 0.750. The number of ketones is 1. The van der Waals surface area contributed by atoms with Crippen molar-refractivity contribution in [3.05, 3.63) is 23.8 Å². The highest BCUT2D eigenvalue weighted by Gasteiger charge is 2.84. The summed E-state index contributed by atoms with van der Waals surface area (Å²) in [5, 5.41) is -0.259. The molecule has 2 aliphatic heterocycles. The van der Waals surface area contributed by atoms with Gasteiger partial charge in [-0.05, 0) is 57.9 Å². The normalized spacial score (nSPS) is 53.1. The fourth-order valence-corrected chi connectivity index (χ4v) is 8.88. The van der Waals surface area contributed by atoms with Gasteiger partial charge in [0.2, 0.25) is 5.12 Å². The summed E-state index contributed by atoms with van der Waals surface area (Å²) in [5.74, 6) is -0.396. The van der Waals surface area contributed by atoms with Gasteiger partial charge in [-0.3, -0.25) is 9.59 Å². The molecule has 31 heavy (non-hydrogen) atoms. The number of epoxide rings is 1. The summed E-state index contributed by atoms with van der Waals surface area (Å²) in [7, 11) is 0. The van der Waals surface area contributed by atoms with E-state index in [4.69, 9.17) is 14.2 Å². The van der Waals surface area contributed by atoms with E-state index in [0.717, 1.165) is 12.0 Å². The van der Waals surface area contributed by atoms with E-state index in [1.165, 1.54) is 0 Å². The van der Waals surface area contributed by atoms with Gasteiger partial charge in [0.1, 0.15) is 11.6 Å². The van der Waals surface area contributed by atoms with Crippen LogP contribution < -0.4 is 0 Å². The summed E-state index contributed by atoms with van der Waals surface area (Å²) >= 11 is 0.699. The predicted molar refractivity (Wildman–Crippen MR) is 113 cm³/mol. The summed E-state index contributed by atoms with van der Waals surface area (Å²) in [6.45, 7) is 8.00. The Kier molecular flexibility index (Phi) is 3.92. The Bertz CT molecular complexity index is 960. The number of ether oxygens (including phenoxy) is 3. The standard InChI is InChI=1S/C24H29FO5S/c1-20(2)28-17-10-16-15-6-5-13-9-14(26)7-8-21(13,3)23(15)18(29-23)11-22(16,4)24(17,30-20)19(27)31-12-25/h5,7-8,15-18H,6,9-12H2,1-4H3/t15?,16?,17-,18+,21?,22?,23-,24+/m1/s1.